The summed E-state index contributed by atoms with van der Waals surface area (Å²) in [5.41, 5.74) is 2.14. The average Bonchev–Trinajstić information content (AvgIpc) is 3.65. The Balaban J connectivity index is 1.18. The van der Waals surface area contributed by atoms with Crippen molar-refractivity contribution in [3.8, 4) is 0 Å². The molecule has 0 aromatic heterocycles. The molecule has 3 aromatic carbocycles. The van der Waals surface area contributed by atoms with Crippen LogP contribution in [0.25, 0.3) is 10.8 Å². The van der Waals surface area contributed by atoms with Gasteiger partial charge in [0.05, 0.1) is 10.6 Å². The van der Waals surface area contributed by atoms with Gasteiger partial charge >= 0.3 is 0 Å². The number of carbonyl (C=O) groups excluding carboxylic acids is 1. The van der Waals surface area contributed by atoms with Crippen molar-refractivity contribution in [2.75, 3.05) is 5.75 Å². The fourth-order valence-electron chi connectivity index (χ4n) is 5.44. The molecule has 5 rings (SSSR count). The highest BCUT2D eigenvalue weighted by Crippen LogP contribution is 2.48. The first kappa shape index (κ1) is 22.3. The van der Waals surface area contributed by atoms with Crippen molar-refractivity contribution in [1.29, 1.82) is 0 Å². The lowest BCUT2D eigenvalue weighted by Crippen LogP contribution is -2.14. The maximum Gasteiger partial charge on any atom is 0.178 e. The van der Waals surface area contributed by atoms with Crippen LogP contribution in [0, 0.1) is 11.8 Å². The van der Waals surface area contributed by atoms with E-state index in [2.05, 4.69) is 24.3 Å². The van der Waals surface area contributed by atoms with Gasteiger partial charge in [-0.3, -0.25) is 4.79 Å². The Morgan fingerprint density at radius 2 is 1.58 bits per heavy atom. The number of benzene rings is 3. The average molecular weight is 461 g/mol. The Labute approximate surface area is 197 Å². The summed E-state index contributed by atoms with van der Waals surface area (Å²) in [7, 11) is -3.24. The molecule has 0 aliphatic heterocycles. The molecule has 0 saturated heterocycles. The lowest BCUT2D eigenvalue weighted by molar-refractivity contribution is -0.119. The molecule has 0 radical (unpaired) electrons. The second-order valence-corrected chi connectivity index (χ2v) is 12.1. The van der Waals surface area contributed by atoms with Crippen LogP contribution >= 0.6 is 0 Å². The Morgan fingerprint density at radius 3 is 2.33 bits per heavy atom. The lowest BCUT2D eigenvalue weighted by Gasteiger charge is -2.21. The highest BCUT2D eigenvalue weighted by atomic mass is 32.2. The molecule has 0 N–H and O–H groups in total. The molecule has 0 heterocycles. The van der Waals surface area contributed by atoms with E-state index < -0.39 is 9.84 Å². The van der Waals surface area contributed by atoms with E-state index in [1.807, 2.05) is 30.3 Å². The maximum absolute atomic E-state index is 12.9. The van der Waals surface area contributed by atoms with Gasteiger partial charge in [0, 0.05) is 12.3 Å². The van der Waals surface area contributed by atoms with Crippen LogP contribution in [0.1, 0.15) is 62.0 Å². The number of sulfone groups is 1. The van der Waals surface area contributed by atoms with Gasteiger partial charge in [-0.25, -0.2) is 8.42 Å². The minimum Gasteiger partial charge on any atom is -0.299 e. The predicted octanol–water partition coefficient (Wildman–Crippen LogP) is 6.50. The molecular formula is C29H32O3S. The van der Waals surface area contributed by atoms with Gasteiger partial charge in [0.2, 0.25) is 0 Å². The summed E-state index contributed by atoms with van der Waals surface area (Å²) >= 11 is 0. The fourth-order valence-corrected chi connectivity index (χ4v) is 6.87. The van der Waals surface area contributed by atoms with Crippen LogP contribution in [0.3, 0.4) is 0 Å². The van der Waals surface area contributed by atoms with Crippen LogP contribution in [0.15, 0.2) is 71.6 Å². The SMILES string of the molecule is O=C(Cc1ccc2ccccc2c1)[C@@H]1CC1c1ccc(S(=O)(=O)CCC2CCCCC2)cc1. The first-order valence-corrected chi connectivity index (χ1v) is 14.0. The van der Waals surface area contributed by atoms with Crippen molar-refractivity contribution in [2.45, 2.75) is 62.2 Å². The van der Waals surface area contributed by atoms with E-state index in [1.54, 1.807) is 12.1 Å². The number of Topliss-reactive ketones (excluding diaryl/α,β-unsaturated/α-hetero) is 1. The summed E-state index contributed by atoms with van der Waals surface area (Å²) in [6.07, 6.45) is 8.20. The minimum atomic E-state index is -3.24. The van der Waals surface area contributed by atoms with Gasteiger partial charge in [-0.1, -0.05) is 86.7 Å². The van der Waals surface area contributed by atoms with Crippen molar-refractivity contribution in [2.24, 2.45) is 11.8 Å². The topological polar surface area (TPSA) is 51.2 Å². The van der Waals surface area contributed by atoms with Gasteiger partial charge in [0.25, 0.3) is 0 Å². The van der Waals surface area contributed by atoms with E-state index in [-0.39, 0.29) is 23.4 Å². The highest BCUT2D eigenvalue weighted by Gasteiger charge is 2.43. The lowest BCUT2D eigenvalue weighted by atomic mass is 9.88. The Morgan fingerprint density at radius 1 is 0.848 bits per heavy atom. The second kappa shape index (κ2) is 9.42. The number of carbonyl (C=O) groups is 1. The van der Waals surface area contributed by atoms with Crippen LogP contribution in [-0.4, -0.2) is 20.0 Å². The molecule has 172 valence electrons. The number of rotatable bonds is 8. The standard InChI is InChI=1S/C29H32O3S/c30-29(19-22-10-11-23-8-4-5-9-25(23)18-22)28-20-27(28)24-12-14-26(15-13-24)33(31,32)17-16-21-6-2-1-3-7-21/h4-5,8-15,18,21,27-28H,1-3,6-7,16-17,19-20H2/t27?,28-/m1/s1. The number of hydrogen-bond donors (Lipinski definition) is 0. The Hall–Kier alpha value is -2.46. The van der Waals surface area contributed by atoms with Crippen molar-refractivity contribution >= 4 is 26.4 Å². The zero-order valence-electron chi connectivity index (χ0n) is 19.1. The molecule has 2 aliphatic rings. The Bertz CT molecular complexity index is 1240. The monoisotopic (exact) mass is 460 g/mol. The van der Waals surface area contributed by atoms with Crippen molar-refractivity contribution < 1.29 is 13.2 Å². The fraction of sp³-hybridized carbons (Fsp3) is 0.414. The van der Waals surface area contributed by atoms with Crippen LogP contribution in [0.4, 0.5) is 0 Å². The molecule has 0 bridgehead atoms. The molecule has 0 spiro atoms. The van der Waals surface area contributed by atoms with Crippen LogP contribution < -0.4 is 0 Å². The summed E-state index contributed by atoms with van der Waals surface area (Å²) in [5, 5.41) is 2.35. The second-order valence-electron chi connectivity index (χ2n) is 9.95. The summed E-state index contributed by atoms with van der Waals surface area (Å²) in [6.45, 7) is 0. The normalized spacial score (nSPS) is 21.2. The third-order valence-electron chi connectivity index (χ3n) is 7.58. The minimum absolute atomic E-state index is 0.0465. The Kier molecular flexibility index (Phi) is 6.38. The largest absolute Gasteiger partial charge is 0.299 e. The molecule has 2 fully saturated rings. The quantitative estimate of drug-likeness (QED) is 0.386. The van der Waals surface area contributed by atoms with Crippen LogP contribution in [-0.2, 0) is 21.1 Å². The molecule has 0 amide bonds. The summed E-state index contributed by atoms with van der Waals surface area (Å²) in [4.78, 5) is 13.3. The summed E-state index contributed by atoms with van der Waals surface area (Å²) in [5.74, 6) is 1.35. The smallest absolute Gasteiger partial charge is 0.178 e. The zero-order chi connectivity index (χ0) is 22.8. The first-order chi connectivity index (χ1) is 16.0. The van der Waals surface area contributed by atoms with E-state index >= 15 is 0 Å². The summed E-state index contributed by atoms with van der Waals surface area (Å²) < 4.78 is 25.6. The van der Waals surface area contributed by atoms with Crippen LogP contribution in [0.2, 0.25) is 0 Å². The van der Waals surface area contributed by atoms with E-state index in [0.29, 0.717) is 17.2 Å². The molecule has 1 unspecified atom stereocenters. The van der Waals surface area contributed by atoms with Gasteiger partial charge in [0.15, 0.2) is 9.84 Å². The third-order valence-corrected chi connectivity index (χ3v) is 9.35. The summed E-state index contributed by atoms with van der Waals surface area (Å²) in [6, 6.07) is 21.8. The van der Waals surface area contributed by atoms with Gasteiger partial charge in [0.1, 0.15) is 5.78 Å². The van der Waals surface area contributed by atoms with Crippen molar-refractivity contribution in [1.82, 2.24) is 0 Å². The first-order valence-electron chi connectivity index (χ1n) is 12.3. The molecule has 3 nitrogen and oxygen atoms in total. The molecule has 2 atom stereocenters. The highest BCUT2D eigenvalue weighted by molar-refractivity contribution is 7.91. The van der Waals surface area contributed by atoms with E-state index in [9.17, 15) is 13.2 Å². The molecule has 3 aromatic rings. The molecule has 2 aliphatic carbocycles. The van der Waals surface area contributed by atoms with E-state index in [0.717, 1.165) is 29.4 Å². The predicted molar refractivity (Wildman–Crippen MR) is 133 cm³/mol. The van der Waals surface area contributed by atoms with Gasteiger partial charge in [-0.2, -0.15) is 0 Å². The van der Waals surface area contributed by atoms with E-state index in [4.69, 9.17) is 0 Å². The van der Waals surface area contributed by atoms with Crippen molar-refractivity contribution in [3.63, 3.8) is 0 Å². The number of hydrogen-bond acceptors (Lipinski definition) is 3. The van der Waals surface area contributed by atoms with Crippen LogP contribution in [0.5, 0.6) is 0 Å². The van der Waals surface area contributed by atoms with Gasteiger partial charge < -0.3 is 0 Å². The number of fused-ring (bicyclic) bond motifs is 1. The maximum atomic E-state index is 12.9. The molecular weight excluding hydrogens is 428 g/mol. The van der Waals surface area contributed by atoms with Gasteiger partial charge in [-0.05, 0) is 58.7 Å². The van der Waals surface area contributed by atoms with Gasteiger partial charge in [-0.15, -0.1) is 0 Å². The molecule has 4 heteroatoms. The zero-order valence-corrected chi connectivity index (χ0v) is 19.9. The van der Waals surface area contributed by atoms with E-state index in [1.165, 1.54) is 37.5 Å². The third kappa shape index (κ3) is 5.22. The number of ketones is 1. The molecule has 33 heavy (non-hydrogen) atoms. The van der Waals surface area contributed by atoms with Crippen molar-refractivity contribution in [3.05, 3.63) is 77.9 Å². The molecule has 2 saturated carbocycles.